The smallest absolute Gasteiger partial charge is 0.315 e. The second-order valence-electron chi connectivity index (χ2n) is 5.95. The normalized spacial score (nSPS) is 18.1. The fourth-order valence-electron chi connectivity index (χ4n) is 2.98. The van der Waals surface area contributed by atoms with Crippen LogP contribution in [0, 0.1) is 0 Å². The molecule has 126 valence electrons. The molecule has 1 aliphatic rings. The Morgan fingerprint density at radius 2 is 2.00 bits per heavy atom. The van der Waals surface area contributed by atoms with Gasteiger partial charge in [0, 0.05) is 25.5 Å². The number of ether oxygens (including phenoxy) is 1. The zero-order valence-corrected chi connectivity index (χ0v) is 13.7. The predicted octanol–water partition coefficient (Wildman–Crippen LogP) is 2.84. The molecule has 0 radical (unpaired) electrons. The quantitative estimate of drug-likeness (QED) is 0.858. The van der Waals surface area contributed by atoms with E-state index in [1.165, 1.54) is 0 Å². The number of pyridine rings is 1. The minimum Gasteiger partial charge on any atom is -0.376 e. The molecular formula is C19H23N3O2. The highest BCUT2D eigenvalue weighted by Gasteiger charge is 2.28. The molecule has 0 bridgehead atoms. The second-order valence-corrected chi connectivity index (χ2v) is 5.95. The van der Waals surface area contributed by atoms with Gasteiger partial charge >= 0.3 is 6.03 Å². The molecule has 1 aromatic carbocycles. The van der Waals surface area contributed by atoms with Gasteiger partial charge in [0.05, 0.1) is 12.1 Å². The van der Waals surface area contributed by atoms with Gasteiger partial charge in [-0.2, -0.15) is 0 Å². The van der Waals surface area contributed by atoms with Crippen LogP contribution in [0.5, 0.6) is 0 Å². The van der Waals surface area contributed by atoms with Gasteiger partial charge in [0.25, 0.3) is 0 Å². The number of carbonyl (C=O) groups excluding carboxylic acids is 1. The lowest BCUT2D eigenvalue weighted by atomic mass is 9.99. The van der Waals surface area contributed by atoms with Crippen LogP contribution < -0.4 is 10.6 Å². The van der Waals surface area contributed by atoms with Gasteiger partial charge in [-0.1, -0.05) is 30.3 Å². The Balaban J connectivity index is 1.55. The average molecular weight is 325 g/mol. The zero-order chi connectivity index (χ0) is 16.6. The molecule has 0 saturated carbocycles. The molecule has 2 atom stereocenters. The van der Waals surface area contributed by atoms with E-state index in [4.69, 9.17) is 4.74 Å². The van der Waals surface area contributed by atoms with Crippen molar-refractivity contribution in [1.29, 1.82) is 0 Å². The van der Waals surface area contributed by atoms with E-state index in [0.717, 1.165) is 37.0 Å². The summed E-state index contributed by atoms with van der Waals surface area (Å²) in [4.78, 5) is 16.3. The van der Waals surface area contributed by atoms with Crippen molar-refractivity contribution in [3.8, 4) is 0 Å². The summed E-state index contributed by atoms with van der Waals surface area (Å²) >= 11 is 0. The number of amides is 2. The molecule has 5 heteroatoms. The average Bonchev–Trinajstić information content (AvgIpc) is 3.16. The lowest BCUT2D eigenvalue weighted by Gasteiger charge is -2.25. The predicted molar refractivity (Wildman–Crippen MR) is 92.6 cm³/mol. The number of urea groups is 1. The van der Waals surface area contributed by atoms with Crippen molar-refractivity contribution in [3.63, 3.8) is 0 Å². The van der Waals surface area contributed by atoms with Crippen LogP contribution in [0.15, 0.2) is 54.9 Å². The highest BCUT2D eigenvalue weighted by atomic mass is 16.5. The van der Waals surface area contributed by atoms with E-state index in [-0.39, 0.29) is 18.2 Å². The summed E-state index contributed by atoms with van der Waals surface area (Å²) < 4.78 is 5.79. The summed E-state index contributed by atoms with van der Waals surface area (Å²) in [6.07, 6.45) is 6.36. The molecular weight excluding hydrogens is 302 g/mol. The Kier molecular flexibility index (Phi) is 5.80. The second kappa shape index (κ2) is 8.45. The standard InChI is InChI=1S/C19H23N3O2/c23-19(21-13-10-15-8-11-20-12-9-15)22-18(17-7-4-14-24-17)16-5-2-1-3-6-16/h1-3,5-6,8-9,11-12,17-18H,4,7,10,13-14H2,(H2,21,22,23). The molecule has 2 N–H and O–H groups in total. The number of rotatable bonds is 6. The molecule has 24 heavy (non-hydrogen) atoms. The molecule has 1 aliphatic heterocycles. The van der Waals surface area contributed by atoms with Crippen molar-refractivity contribution in [2.45, 2.75) is 31.4 Å². The SMILES string of the molecule is O=C(NCCc1ccncc1)NC(c1ccccc1)C1CCCO1. The Bertz CT molecular complexity index is 628. The summed E-state index contributed by atoms with van der Waals surface area (Å²) in [6.45, 7) is 1.35. The molecule has 2 heterocycles. The lowest BCUT2D eigenvalue weighted by molar-refractivity contribution is 0.0807. The van der Waals surface area contributed by atoms with Gasteiger partial charge in [0.2, 0.25) is 0 Å². The van der Waals surface area contributed by atoms with Gasteiger partial charge in [0.1, 0.15) is 0 Å². The minimum atomic E-state index is -0.159. The first-order valence-electron chi connectivity index (χ1n) is 8.43. The van der Waals surface area contributed by atoms with Gasteiger partial charge in [0.15, 0.2) is 0 Å². The van der Waals surface area contributed by atoms with Gasteiger partial charge in [-0.05, 0) is 42.5 Å². The molecule has 1 aromatic heterocycles. The van der Waals surface area contributed by atoms with Crippen LogP contribution in [0.25, 0.3) is 0 Å². The van der Waals surface area contributed by atoms with E-state index >= 15 is 0 Å². The molecule has 2 aromatic rings. The lowest BCUT2D eigenvalue weighted by Crippen LogP contribution is -2.42. The van der Waals surface area contributed by atoms with E-state index in [1.54, 1.807) is 12.4 Å². The Labute approximate surface area is 142 Å². The number of benzene rings is 1. The molecule has 2 amide bonds. The van der Waals surface area contributed by atoms with E-state index in [2.05, 4.69) is 15.6 Å². The van der Waals surface area contributed by atoms with Gasteiger partial charge in [-0.25, -0.2) is 4.79 Å². The third-order valence-electron chi connectivity index (χ3n) is 4.23. The van der Waals surface area contributed by atoms with Gasteiger partial charge in [-0.15, -0.1) is 0 Å². The number of nitrogens with zero attached hydrogens (tertiary/aromatic N) is 1. The molecule has 1 fully saturated rings. The highest BCUT2D eigenvalue weighted by Crippen LogP contribution is 2.26. The summed E-state index contributed by atoms with van der Waals surface area (Å²) in [6, 6.07) is 13.7. The maximum atomic E-state index is 12.3. The van der Waals surface area contributed by atoms with Crippen LogP contribution in [0.1, 0.15) is 30.0 Å². The van der Waals surface area contributed by atoms with E-state index in [1.807, 2.05) is 42.5 Å². The van der Waals surface area contributed by atoms with Gasteiger partial charge in [-0.3, -0.25) is 4.98 Å². The van der Waals surface area contributed by atoms with Crippen molar-refractivity contribution in [2.24, 2.45) is 0 Å². The van der Waals surface area contributed by atoms with Crippen molar-refractivity contribution in [1.82, 2.24) is 15.6 Å². The first-order chi connectivity index (χ1) is 11.8. The Morgan fingerprint density at radius 3 is 2.71 bits per heavy atom. The van der Waals surface area contributed by atoms with Crippen molar-refractivity contribution in [2.75, 3.05) is 13.2 Å². The van der Waals surface area contributed by atoms with Gasteiger partial charge < -0.3 is 15.4 Å². The van der Waals surface area contributed by atoms with E-state index in [0.29, 0.717) is 6.54 Å². The summed E-state index contributed by atoms with van der Waals surface area (Å²) in [5.41, 5.74) is 2.23. The topological polar surface area (TPSA) is 63.2 Å². The largest absolute Gasteiger partial charge is 0.376 e. The molecule has 0 aliphatic carbocycles. The van der Waals surface area contributed by atoms with Crippen molar-refractivity contribution in [3.05, 3.63) is 66.0 Å². The van der Waals surface area contributed by atoms with E-state index in [9.17, 15) is 4.79 Å². The third kappa shape index (κ3) is 4.55. The molecule has 0 spiro atoms. The Hall–Kier alpha value is -2.40. The molecule has 2 unspecified atom stereocenters. The highest BCUT2D eigenvalue weighted by molar-refractivity contribution is 5.74. The number of aromatic nitrogens is 1. The molecule has 1 saturated heterocycles. The molecule has 5 nitrogen and oxygen atoms in total. The van der Waals surface area contributed by atoms with Crippen LogP contribution >= 0.6 is 0 Å². The van der Waals surface area contributed by atoms with Crippen LogP contribution in [0.4, 0.5) is 4.79 Å². The number of nitrogens with one attached hydrogen (secondary N) is 2. The first kappa shape index (κ1) is 16.5. The molecule has 3 rings (SSSR count). The van der Waals surface area contributed by atoms with E-state index < -0.39 is 0 Å². The van der Waals surface area contributed by atoms with Crippen molar-refractivity contribution < 1.29 is 9.53 Å². The monoisotopic (exact) mass is 325 g/mol. The Morgan fingerprint density at radius 1 is 1.21 bits per heavy atom. The van der Waals surface area contributed by atoms with Crippen LogP contribution in [-0.4, -0.2) is 30.3 Å². The number of carbonyl (C=O) groups is 1. The zero-order valence-electron chi connectivity index (χ0n) is 13.7. The summed E-state index contributed by atoms with van der Waals surface area (Å²) in [7, 11) is 0. The third-order valence-corrected chi connectivity index (χ3v) is 4.23. The first-order valence-corrected chi connectivity index (χ1v) is 8.43. The summed E-state index contributed by atoms with van der Waals surface area (Å²) in [5.74, 6) is 0. The fourth-order valence-corrected chi connectivity index (χ4v) is 2.98. The number of hydrogen-bond acceptors (Lipinski definition) is 3. The van der Waals surface area contributed by atoms with Crippen LogP contribution in [0.2, 0.25) is 0 Å². The minimum absolute atomic E-state index is 0.0401. The van der Waals surface area contributed by atoms with Crippen molar-refractivity contribution >= 4 is 6.03 Å². The van der Waals surface area contributed by atoms with Crippen LogP contribution in [0.3, 0.4) is 0 Å². The maximum Gasteiger partial charge on any atom is 0.315 e. The fraction of sp³-hybridized carbons (Fsp3) is 0.368. The van der Waals surface area contributed by atoms with Crippen LogP contribution in [-0.2, 0) is 11.2 Å². The maximum absolute atomic E-state index is 12.3. The summed E-state index contributed by atoms with van der Waals surface area (Å²) in [5, 5.41) is 6.00. The number of hydrogen-bond donors (Lipinski definition) is 2.